The van der Waals surface area contributed by atoms with Gasteiger partial charge in [0.1, 0.15) is 13.2 Å². The number of carbonyl (C=O) groups excluding carboxylic acids is 2. The highest BCUT2D eigenvalue weighted by molar-refractivity contribution is 5.71. The Morgan fingerprint density at radius 3 is 0.711 bits per heavy atom. The van der Waals surface area contributed by atoms with Crippen molar-refractivity contribution in [2.45, 2.75) is 456 Å². The highest BCUT2D eigenvalue weighted by Crippen LogP contribution is 2.21. The van der Waals surface area contributed by atoms with E-state index in [9.17, 15) is 19.5 Å². The second-order valence-electron chi connectivity index (χ2n) is 29.5. The second kappa shape index (κ2) is 73.1. The summed E-state index contributed by atoms with van der Waals surface area (Å²) in [5.74, 6) is -1.96. The maximum atomic E-state index is 13.0. The van der Waals surface area contributed by atoms with Crippen LogP contribution in [0.2, 0.25) is 0 Å². The number of unbranched alkanes of at least 4 members (excludes halogenated alkanes) is 63. The van der Waals surface area contributed by atoms with Gasteiger partial charge in [-0.3, -0.25) is 9.59 Å². The third kappa shape index (κ3) is 73.7. The zero-order valence-electron chi connectivity index (χ0n) is 61.6. The van der Waals surface area contributed by atoms with E-state index in [1.54, 1.807) is 0 Å². The number of rotatable bonds is 78. The van der Waals surface area contributed by atoms with Crippen LogP contribution in [0.15, 0.2) is 0 Å². The number of carboxylic acids is 1. The summed E-state index contributed by atoms with van der Waals surface area (Å²) < 4.78 is 23.1. The lowest BCUT2D eigenvalue weighted by atomic mass is 10.0. The Balaban J connectivity index is 3.90. The Morgan fingerprint density at radius 1 is 0.289 bits per heavy atom. The summed E-state index contributed by atoms with van der Waals surface area (Å²) in [6.07, 6.45) is 87.1. The molecule has 0 aliphatic heterocycles. The summed E-state index contributed by atoms with van der Waals surface area (Å²) in [6.45, 7) is 4.98. The van der Waals surface area contributed by atoms with Crippen LogP contribution < -0.4 is 0 Å². The van der Waals surface area contributed by atoms with E-state index in [1.165, 1.54) is 379 Å². The van der Waals surface area contributed by atoms with E-state index >= 15 is 0 Å². The molecule has 0 saturated carbocycles. The molecule has 2 atom stereocenters. The van der Waals surface area contributed by atoms with Crippen molar-refractivity contribution in [3.63, 3.8) is 0 Å². The fourth-order valence-corrected chi connectivity index (χ4v) is 12.9. The van der Waals surface area contributed by atoms with Gasteiger partial charge in [0, 0.05) is 12.8 Å². The number of likely N-dealkylation sites (N-methyl/N-ethyl adjacent to an activating group) is 1. The highest BCUT2D eigenvalue weighted by Gasteiger charge is 2.25. The molecule has 0 aromatic rings. The minimum absolute atomic E-state index is 0.172. The van der Waals surface area contributed by atoms with Gasteiger partial charge >= 0.3 is 17.9 Å². The van der Waals surface area contributed by atoms with Crippen molar-refractivity contribution >= 4 is 17.9 Å². The average molecular weight is 1280 g/mol. The molecular weight excluding hydrogens is 1110 g/mol. The topological polar surface area (TPSA) is 108 Å². The molecule has 9 nitrogen and oxygen atoms in total. The van der Waals surface area contributed by atoms with Crippen molar-refractivity contribution in [3.05, 3.63) is 0 Å². The lowest BCUT2D eigenvalue weighted by Gasteiger charge is -2.25. The predicted molar refractivity (Wildman–Crippen MR) is 388 cm³/mol. The third-order valence-corrected chi connectivity index (χ3v) is 19.1. The van der Waals surface area contributed by atoms with Crippen molar-refractivity contribution in [1.82, 2.24) is 0 Å². The van der Waals surface area contributed by atoms with Gasteiger partial charge < -0.3 is 28.5 Å². The Hall–Kier alpha value is -1.71. The summed E-state index contributed by atoms with van der Waals surface area (Å²) in [4.78, 5) is 37.7. The fraction of sp³-hybridized carbons (Fsp3) is 0.963. The molecular formula is C81H160NO8+. The maximum absolute atomic E-state index is 13.0. The Bertz CT molecular complexity index is 1440. The molecule has 9 heteroatoms. The van der Waals surface area contributed by atoms with Crippen LogP contribution in [0.4, 0.5) is 0 Å². The molecule has 0 aliphatic rings. The number of quaternary nitrogens is 1. The lowest BCUT2D eigenvalue weighted by Crippen LogP contribution is -2.40. The number of hydrogen-bond acceptors (Lipinski definition) is 7. The van der Waals surface area contributed by atoms with Gasteiger partial charge in [-0.15, -0.1) is 0 Å². The normalized spacial score (nSPS) is 12.5. The van der Waals surface area contributed by atoms with Gasteiger partial charge in [0.25, 0.3) is 6.29 Å². The first-order chi connectivity index (χ1) is 44.1. The molecule has 1 N–H and O–H groups in total. The standard InChI is InChI=1S/C81H159NO8/c1-6-8-10-12-14-16-18-20-22-24-26-28-30-32-33-34-35-36-37-38-39-40-41-42-43-44-45-46-48-50-52-54-56-58-60-62-64-66-68-70-72-79(84)90-77(76-89-81(80(85)86)87-74-73-82(3,4)5)75-88-78(83)71-69-67-65-63-61-59-57-55-53-51-49-47-31-29-27-25-23-21-19-17-15-13-11-9-7-2/h77,81H,6-76H2,1-5H3/p+1. The highest BCUT2D eigenvalue weighted by atomic mass is 16.7. The Kier molecular flexibility index (Phi) is 71.7. The molecule has 0 amide bonds. The Labute approximate surface area is 562 Å². The minimum atomic E-state index is -1.51. The van der Waals surface area contributed by atoms with Crippen LogP contribution >= 0.6 is 0 Å². The number of carboxylic acid groups (broad SMARTS) is 1. The quantitative estimate of drug-likeness (QED) is 0.0278. The maximum Gasteiger partial charge on any atom is 0.361 e. The van der Waals surface area contributed by atoms with Gasteiger partial charge in [0.2, 0.25) is 0 Å². The molecule has 0 aromatic carbocycles. The molecule has 536 valence electrons. The summed E-state index contributed by atoms with van der Waals surface area (Å²) in [7, 11) is 6.00. The summed E-state index contributed by atoms with van der Waals surface area (Å²) in [5.41, 5.74) is 0. The van der Waals surface area contributed by atoms with Gasteiger partial charge in [-0.25, -0.2) is 4.79 Å². The molecule has 90 heavy (non-hydrogen) atoms. The van der Waals surface area contributed by atoms with Gasteiger partial charge in [-0.2, -0.15) is 0 Å². The van der Waals surface area contributed by atoms with Crippen LogP contribution in [0, 0.1) is 0 Å². The number of ether oxygens (including phenoxy) is 4. The number of nitrogens with zero attached hydrogens (tertiary/aromatic N) is 1. The van der Waals surface area contributed by atoms with Crippen molar-refractivity contribution in [2.24, 2.45) is 0 Å². The molecule has 0 radical (unpaired) electrons. The number of carbonyl (C=O) groups is 3. The zero-order valence-corrected chi connectivity index (χ0v) is 61.6. The van der Waals surface area contributed by atoms with E-state index in [0.29, 0.717) is 17.4 Å². The molecule has 0 aliphatic carbocycles. The molecule has 0 aromatic heterocycles. The van der Waals surface area contributed by atoms with Gasteiger partial charge in [0.15, 0.2) is 6.10 Å². The first-order valence-electron chi connectivity index (χ1n) is 40.7. The van der Waals surface area contributed by atoms with Crippen molar-refractivity contribution in [2.75, 3.05) is 47.5 Å². The summed E-state index contributed by atoms with van der Waals surface area (Å²) in [5, 5.41) is 9.77. The van der Waals surface area contributed by atoms with E-state index < -0.39 is 18.4 Å². The number of esters is 2. The molecule has 2 unspecified atom stereocenters. The van der Waals surface area contributed by atoms with Gasteiger partial charge in [0.05, 0.1) is 34.4 Å². The molecule has 0 saturated heterocycles. The first-order valence-corrected chi connectivity index (χ1v) is 40.7. The monoisotopic (exact) mass is 1280 g/mol. The van der Waals surface area contributed by atoms with Crippen LogP contribution in [0.1, 0.15) is 444 Å². The molecule has 0 bridgehead atoms. The van der Waals surface area contributed by atoms with Crippen molar-refractivity contribution < 1.29 is 42.9 Å². The van der Waals surface area contributed by atoms with Crippen LogP contribution in [0.3, 0.4) is 0 Å². The minimum Gasteiger partial charge on any atom is -0.477 e. The third-order valence-electron chi connectivity index (χ3n) is 19.1. The molecule has 0 fully saturated rings. The summed E-state index contributed by atoms with van der Waals surface area (Å²) in [6, 6.07) is 0. The molecule has 0 heterocycles. The van der Waals surface area contributed by atoms with Crippen LogP contribution in [0.25, 0.3) is 0 Å². The van der Waals surface area contributed by atoms with Crippen molar-refractivity contribution in [1.29, 1.82) is 0 Å². The van der Waals surface area contributed by atoms with Gasteiger partial charge in [-0.1, -0.05) is 418 Å². The smallest absolute Gasteiger partial charge is 0.361 e. The fourth-order valence-electron chi connectivity index (χ4n) is 12.9. The largest absolute Gasteiger partial charge is 0.477 e. The second-order valence-corrected chi connectivity index (χ2v) is 29.5. The lowest BCUT2D eigenvalue weighted by molar-refractivity contribution is -0.870. The Morgan fingerprint density at radius 2 is 0.500 bits per heavy atom. The van der Waals surface area contributed by atoms with E-state index in [1.807, 2.05) is 21.1 Å². The van der Waals surface area contributed by atoms with Crippen LogP contribution in [0.5, 0.6) is 0 Å². The number of hydrogen-bond donors (Lipinski definition) is 1. The van der Waals surface area contributed by atoms with Gasteiger partial charge in [-0.05, 0) is 12.8 Å². The van der Waals surface area contributed by atoms with E-state index in [-0.39, 0.29) is 38.2 Å². The number of aliphatic carboxylic acids is 1. The van der Waals surface area contributed by atoms with Crippen molar-refractivity contribution in [3.8, 4) is 0 Å². The first kappa shape index (κ1) is 88.3. The van der Waals surface area contributed by atoms with Crippen LogP contribution in [-0.4, -0.2) is 87.4 Å². The van der Waals surface area contributed by atoms with E-state index in [0.717, 1.165) is 38.5 Å². The van der Waals surface area contributed by atoms with Crippen LogP contribution in [-0.2, 0) is 33.3 Å². The SMILES string of the molecule is CCCCCCCCCCCCCCCCCCCCCCCCCCCCCCCCCCCCCCCCCCC(=O)OC(COC(=O)CCCCCCCCCCCCCCCCCCCCCCCCCCC)COC(OCC[N+](C)(C)C)C(=O)O. The zero-order chi connectivity index (χ0) is 65.4. The van der Waals surface area contributed by atoms with E-state index in [4.69, 9.17) is 18.9 Å². The molecule has 0 spiro atoms. The van der Waals surface area contributed by atoms with E-state index in [2.05, 4.69) is 13.8 Å². The summed E-state index contributed by atoms with van der Waals surface area (Å²) >= 11 is 0. The molecule has 0 rings (SSSR count). The predicted octanol–water partition coefficient (Wildman–Crippen LogP) is 25.8. The average Bonchev–Trinajstić information content (AvgIpc) is 3.68.